The fraction of sp³-hybridized carbons (Fsp3) is 0.450. The number of hydrogen-bond acceptors (Lipinski definition) is 3. The quantitative estimate of drug-likeness (QED) is 0.810. The summed E-state index contributed by atoms with van der Waals surface area (Å²) in [5.74, 6) is 1.05. The molecular formula is C20H26N2O. The van der Waals surface area contributed by atoms with E-state index in [1.54, 1.807) is 7.11 Å². The number of aryl methyl sites for hydroxylation is 1. The summed E-state index contributed by atoms with van der Waals surface area (Å²) in [6.45, 7) is 4.37. The van der Waals surface area contributed by atoms with E-state index >= 15 is 0 Å². The van der Waals surface area contributed by atoms with E-state index in [1.807, 2.05) is 18.5 Å². The molecule has 3 nitrogen and oxygen atoms in total. The van der Waals surface area contributed by atoms with Gasteiger partial charge in [-0.2, -0.15) is 0 Å². The van der Waals surface area contributed by atoms with Crippen LogP contribution in [0.15, 0.2) is 42.7 Å². The highest BCUT2D eigenvalue weighted by atomic mass is 16.5. The Hall–Kier alpha value is -1.87. The standard InChI is InChI=1S/C20H26N2O/c1-3-12-22(15-16-6-5-11-21-14-16)18-10-9-17-7-4-8-20(23-2)19(17)13-18/h4-8,11,14,18H,3,9-10,12-13,15H2,1-2H3. The second-order valence-electron chi connectivity index (χ2n) is 6.33. The summed E-state index contributed by atoms with van der Waals surface area (Å²) < 4.78 is 5.59. The first-order valence-corrected chi connectivity index (χ1v) is 8.59. The molecule has 122 valence electrons. The van der Waals surface area contributed by atoms with Crippen molar-refractivity contribution >= 4 is 0 Å². The van der Waals surface area contributed by atoms with Gasteiger partial charge in [-0.15, -0.1) is 0 Å². The van der Waals surface area contributed by atoms with Crippen LogP contribution < -0.4 is 4.74 Å². The van der Waals surface area contributed by atoms with E-state index in [1.165, 1.54) is 29.5 Å². The molecule has 0 radical (unpaired) electrons. The molecule has 2 aromatic rings. The predicted octanol–water partition coefficient (Wildman–Crippen LogP) is 3.86. The second-order valence-corrected chi connectivity index (χ2v) is 6.33. The third kappa shape index (κ3) is 3.73. The van der Waals surface area contributed by atoms with Crippen molar-refractivity contribution in [2.45, 2.75) is 45.2 Å². The van der Waals surface area contributed by atoms with Gasteiger partial charge in [0.15, 0.2) is 0 Å². The number of nitrogens with zero attached hydrogens (tertiary/aromatic N) is 2. The summed E-state index contributed by atoms with van der Waals surface area (Å²) in [4.78, 5) is 6.88. The summed E-state index contributed by atoms with van der Waals surface area (Å²) in [5, 5.41) is 0. The van der Waals surface area contributed by atoms with Crippen molar-refractivity contribution < 1.29 is 4.74 Å². The minimum absolute atomic E-state index is 0.582. The SMILES string of the molecule is CCCN(Cc1cccnc1)C1CCc2cccc(OC)c2C1. The largest absolute Gasteiger partial charge is 0.496 e. The van der Waals surface area contributed by atoms with Crippen molar-refractivity contribution in [1.29, 1.82) is 0 Å². The molecule has 1 aromatic heterocycles. The zero-order valence-corrected chi connectivity index (χ0v) is 14.2. The van der Waals surface area contributed by atoms with Crippen LogP contribution in [0.2, 0.25) is 0 Å². The van der Waals surface area contributed by atoms with Gasteiger partial charge in [0, 0.05) is 25.0 Å². The first kappa shape index (κ1) is 16.0. The van der Waals surface area contributed by atoms with E-state index in [9.17, 15) is 0 Å². The molecule has 0 aliphatic heterocycles. The molecule has 1 aliphatic carbocycles. The van der Waals surface area contributed by atoms with Crippen molar-refractivity contribution in [3.63, 3.8) is 0 Å². The number of hydrogen-bond donors (Lipinski definition) is 0. The highest BCUT2D eigenvalue weighted by Gasteiger charge is 2.26. The van der Waals surface area contributed by atoms with E-state index in [2.05, 4.69) is 41.1 Å². The molecule has 1 atom stereocenters. The Labute approximate surface area is 139 Å². The minimum atomic E-state index is 0.582. The van der Waals surface area contributed by atoms with Crippen molar-refractivity contribution in [2.75, 3.05) is 13.7 Å². The first-order valence-electron chi connectivity index (χ1n) is 8.59. The van der Waals surface area contributed by atoms with Gasteiger partial charge in [-0.05, 0) is 61.1 Å². The molecule has 3 rings (SSSR count). The van der Waals surface area contributed by atoms with E-state index < -0.39 is 0 Å². The molecule has 1 unspecified atom stereocenters. The van der Waals surface area contributed by atoms with Crippen LogP contribution in [0.4, 0.5) is 0 Å². The summed E-state index contributed by atoms with van der Waals surface area (Å²) in [6.07, 6.45) is 8.45. The number of methoxy groups -OCH3 is 1. The Bertz CT molecular complexity index is 613. The molecule has 0 N–H and O–H groups in total. The van der Waals surface area contributed by atoms with Crippen LogP contribution in [0.1, 0.15) is 36.5 Å². The molecule has 0 bridgehead atoms. The van der Waals surface area contributed by atoms with Crippen molar-refractivity contribution in [2.24, 2.45) is 0 Å². The molecular weight excluding hydrogens is 284 g/mol. The normalized spacial score (nSPS) is 17.1. The molecule has 0 fully saturated rings. The lowest BCUT2D eigenvalue weighted by molar-refractivity contribution is 0.170. The highest BCUT2D eigenvalue weighted by Crippen LogP contribution is 2.32. The Balaban J connectivity index is 1.78. The maximum Gasteiger partial charge on any atom is 0.122 e. The predicted molar refractivity (Wildman–Crippen MR) is 93.7 cm³/mol. The minimum Gasteiger partial charge on any atom is -0.496 e. The Kier molecular flexibility index (Phi) is 5.29. The molecule has 0 saturated carbocycles. The third-order valence-corrected chi connectivity index (χ3v) is 4.77. The molecule has 23 heavy (non-hydrogen) atoms. The maximum absolute atomic E-state index is 5.59. The molecule has 3 heteroatoms. The number of benzene rings is 1. The number of aromatic nitrogens is 1. The summed E-state index contributed by atoms with van der Waals surface area (Å²) in [6, 6.07) is 11.2. The molecule has 1 aliphatic rings. The number of fused-ring (bicyclic) bond motifs is 1. The zero-order chi connectivity index (χ0) is 16.1. The Morgan fingerprint density at radius 1 is 1.26 bits per heavy atom. The highest BCUT2D eigenvalue weighted by molar-refractivity contribution is 5.42. The molecule has 0 spiro atoms. The molecule has 0 saturated heterocycles. The van der Waals surface area contributed by atoms with Crippen molar-refractivity contribution in [3.05, 3.63) is 59.4 Å². The lowest BCUT2D eigenvalue weighted by atomic mass is 9.86. The van der Waals surface area contributed by atoms with E-state index in [0.717, 1.165) is 31.7 Å². The molecule has 1 heterocycles. The van der Waals surface area contributed by atoms with Gasteiger partial charge in [0.25, 0.3) is 0 Å². The zero-order valence-electron chi connectivity index (χ0n) is 14.2. The summed E-state index contributed by atoms with van der Waals surface area (Å²) in [5.41, 5.74) is 4.16. The van der Waals surface area contributed by atoms with Crippen LogP contribution >= 0.6 is 0 Å². The van der Waals surface area contributed by atoms with Crippen LogP contribution in [-0.2, 0) is 19.4 Å². The summed E-state index contributed by atoms with van der Waals surface area (Å²) >= 11 is 0. The van der Waals surface area contributed by atoms with Gasteiger partial charge in [-0.1, -0.05) is 25.1 Å². The molecule has 1 aromatic carbocycles. The van der Waals surface area contributed by atoms with Gasteiger partial charge in [0.1, 0.15) is 5.75 Å². The van der Waals surface area contributed by atoms with Crippen LogP contribution in [-0.4, -0.2) is 29.6 Å². The fourth-order valence-corrected chi connectivity index (χ4v) is 3.64. The van der Waals surface area contributed by atoms with E-state index in [-0.39, 0.29) is 0 Å². The van der Waals surface area contributed by atoms with Crippen LogP contribution in [0.25, 0.3) is 0 Å². The van der Waals surface area contributed by atoms with Gasteiger partial charge < -0.3 is 4.74 Å². The van der Waals surface area contributed by atoms with E-state index in [4.69, 9.17) is 4.74 Å². The van der Waals surface area contributed by atoms with Gasteiger partial charge >= 0.3 is 0 Å². The lowest BCUT2D eigenvalue weighted by Crippen LogP contribution is -2.39. The second kappa shape index (κ2) is 7.60. The number of pyridine rings is 1. The van der Waals surface area contributed by atoms with Crippen molar-refractivity contribution in [1.82, 2.24) is 9.88 Å². The lowest BCUT2D eigenvalue weighted by Gasteiger charge is -2.35. The Morgan fingerprint density at radius 2 is 2.17 bits per heavy atom. The van der Waals surface area contributed by atoms with Gasteiger partial charge in [0.05, 0.1) is 7.11 Å². The van der Waals surface area contributed by atoms with E-state index in [0.29, 0.717) is 6.04 Å². The van der Waals surface area contributed by atoms with Gasteiger partial charge in [0.2, 0.25) is 0 Å². The Morgan fingerprint density at radius 3 is 2.91 bits per heavy atom. The molecule has 0 amide bonds. The summed E-state index contributed by atoms with van der Waals surface area (Å²) in [7, 11) is 1.78. The van der Waals surface area contributed by atoms with Crippen LogP contribution in [0.3, 0.4) is 0 Å². The monoisotopic (exact) mass is 310 g/mol. The van der Waals surface area contributed by atoms with Gasteiger partial charge in [-0.25, -0.2) is 0 Å². The van der Waals surface area contributed by atoms with Crippen molar-refractivity contribution in [3.8, 4) is 5.75 Å². The average Bonchev–Trinajstić information content (AvgIpc) is 2.61. The smallest absolute Gasteiger partial charge is 0.122 e. The topological polar surface area (TPSA) is 25.4 Å². The first-order chi connectivity index (χ1) is 11.3. The maximum atomic E-state index is 5.59. The third-order valence-electron chi connectivity index (χ3n) is 4.77. The number of rotatable bonds is 6. The van der Waals surface area contributed by atoms with Crippen LogP contribution in [0.5, 0.6) is 5.75 Å². The number of ether oxygens (including phenoxy) is 1. The van der Waals surface area contributed by atoms with Crippen LogP contribution in [0, 0.1) is 0 Å². The average molecular weight is 310 g/mol. The fourth-order valence-electron chi connectivity index (χ4n) is 3.64. The van der Waals surface area contributed by atoms with Gasteiger partial charge in [-0.3, -0.25) is 9.88 Å².